The third kappa shape index (κ3) is 13.5. The molecule has 0 spiro atoms. The van der Waals surface area contributed by atoms with Gasteiger partial charge in [-0.15, -0.1) is 0 Å². The molecule has 0 aliphatic heterocycles. The normalized spacial score (nSPS) is 15.4. The molecule has 150 valence electrons. The number of aliphatic hydroxyl groups excluding tert-OH is 1. The van der Waals surface area contributed by atoms with E-state index in [1.807, 2.05) is 0 Å². The fourth-order valence-corrected chi connectivity index (χ4v) is 1.71. The Balaban J connectivity index is 4.22. The second-order valence-electron chi connectivity index (χ2n) is 5.78. The number of ether oxygens (including phenoxy) is 5. The third-order valence-corrected chi connectivity index (χ3v) is 2.85. The molecule has 0 radical (unpaired) electrons. The highest BCUT2D eigenvalue weighted by Gasteiger charge is 2.15. The van der Waals surface area contributed by atoms with Gasteiger partial charge in [-0.1, -0.05) is 13.2 Å². The van der Waals surface area contributed by atoms with Crippen LogP contribution in [0.1, 0.15) is 20.8 Å². The molecule has 0 amide bonds. The Morgan fingerprint density at radius 1 is 0.846 bits per heavy atom. The number of hydrogen-bond acceptors (Lipinski definition) is 8. The van der Waals surface area contributed by atoms with Gasteiger partial charge < -0.3 is 28.8 Å². The smallest absolute Gasteiger partial charge is 0.330 e. The third-order valence-electron chi connectivity index (χ3n) is 2.85. The zero-order chi connectivity index (χ0) is 19.9. The fraction of sp³-hybridized carbons (Fsp3) is 0.667. The van der Waals surface area contributed by atoms with E-state index >= 15 is 0 Å². The van der Waals surface area contributed by atoms with E-state index in [2.05, 4.69) is 13.2 Å². The summed E-state index contributed by atoms with van der Waals surface area (Å²) in [5.41, 5.74) is 0. The fourth-order valence-electron chi connectivity index (χ4n) is 1.71. The molecular formula is C18H30O8. The second kappa shape index (κ2) is 14.4. The minimum absolute atomic E-state index is 0.124. The highest BCUT2D eigenvalue weighted by molar-refractivity contribution is 5.81. The lowest BCUT2D eigenvalue weighted by molar-refractivity contribution is -0.148. The Labute approximate surface area is 154 Å². The molecule has 0 aliphatic carbocycles. The topological polar surface area (TPSA) is 101 Å². The van der Waals surface area contributed by atoms with Gasteiger partial charge in [0.15, 0.2) is 0 Å². The minimum Gasteiger partial charge on any atom is -0.457 e. The van der Waals surface area contributed by atoms with E-state index in [9.17, 15) is 14.7 Å². The van der Waals surface area contributed by atoms with Gasteiger partial charge in [0, 0.05) is 12.2 Å². The maximum Gasteiger partial charge on any atom is 0.330 e. The predicted molar refractivity (Wildman–Crippen MR) is 94.6 cm³/mol. The molecule has 0 aliphatic rings. The van der Waals surface area contributed by atoms with Crippen LogP contribution < -0.4 is 0 Å². The summed E-state index contributed by atoms with van der Waals surface area (Å²) < 4.78 is 26.5. The summed E-state index contributed by atoms with van der Waals surface area (Å²) in [6, 6.07) is 0. The Kier molecular flexibility index (Phi) is 13.5. The number of aliphatic hydroxyl groups is 1. The van der Waals surface area contributed by atoms with Crippen LogP contribution >= 0.6 is 0 Å². The van der Waals surface area contributed by atoms with Crippen LogP contribution in [0.2, 0.25) is 0 Å². The molecule has 0 aromatic rings. The van der Waals surface area contributed by atoms with Crippen LogP contribution in [0, 0.1) is 0 Å². The van der Waals surface area contributed by atoms with E-state index in [1.54, 1.807) is 20.8 Å². The summed E-state index contributed by atoms with van der Waals surface area (Å²) in [5.74, 6) is -1.04. The van der Waals surface area contributed by atoms with Crippen molar-refractivity contribution in [1.82, 2.24) is 0 Å². The van der Waals surface area contributed by atoms with Gasteiger partial charge in [-0.05, 0) is 20.8 Å². The zero-order valence-corrected chi connectivity index (χ0v) is 15.7. The molecule has 0 heterocycles. The standard InChI is InChI=1S/C18H30O8/c1-6-17(20)25-14(4)9-22-11-16(24-8-13(3)19)12-23-10-15(5)26-18(21)7-2/h6-7,13-16,19H,1-2,8-12H2,3-5H3. The summed E-state index contributed by atoms with van der Waals surface area (Å²) in [4.78, 5) is 22.2. The molecular weight excluding hydrogens is 344 g/mol. The molecule has 0 fully saturated rings. The quantitative estimate of drug-likeness (QED) is 0.335. The van der Waals surface area contributed by atoms with Crippen molar-refractivity contribution in [3.05, 3.63) is 25.3 Å². The average molecular weight is 374 g/mol. The van der Waals surface area contributed by atoms with Crippen LogP contribution in [0.5, 0.6) is 0 Å². The van der Waals surface area contributed by atoms with Gasteiger partial charge in [-0.25, -0.2) is 9.59 Å². The van der Waals surface area contributed by atoms with Crippen molar-refractivity contribution in [3.63, 3.8) is 0 Å². The lowest BCUT2D eigenvalue weighted by Crippen LogP contribution is -2.32. The molecule has 3 atom stereocenters. The Morgan fingerprint density at radius 2 is 1.27 bits per heavy atom. The van der Waals surface area contributed by atoms with E-state index < -0.39 is 36.4 Å². The van der Waals surface area contributed by atoms with Gasteiger partial charge in [0.05, 0.1) is 39.1 Å². The molecule has 3 unspecified atom stereocenters. The van der Waals surface area contributed by atoms with E-state index in [0.717, 1.165) is 12.2 Å². The van der Waals surface area contributed by atoms with E-state index in [1.165, 1.54) is 0 Å². The second-order valence-corrected chi connectivity index (χ2v) is 5.78. The number of esters is 2. The highest BCUT2D eigenvalue weighted by Crippen LogP contribution is 2.02. The summed E-state index contributed by atoms with van der Waals surface area (Å²) in [6.45, 7) is 12.5. The number of rotatable bonds is 15. The summed E-state index contributed by atoms with van der Waals surface area (Å²) >= 11 is 0. The van der Waals surface area contributed by atoms with Crippen molar-refractivity contribution in [2.75, 3.05) is 33.0 Å². The maximum absolute atomic E-state index is 11.1. The lowest BCUT2D eigenvalue weighted by atomic mass is 10.3. The van der Waals surface area contributed by atoms with E-state index in [-0.39, 0.29) is 33.0 Å². The summed E-state index contributed by atoms with van der Waals surface area (Å²) in [6.07, 6.45) is 0.236. The molecule has 8 nitrogen and oxygen atoms in total. The molecule has 0 saturated carbocycles. The predicted octanol–water partition coefficient (Wildman–Crippen LogP) is 1.02. The monoisotopic (exact) mass is 374 g/mol. The van der Waals surface area contributed by atoms with Gasteiger partial charge in [-0.2, -0.15) is 0 Å². The van der Waals surface area contributed by atoms with Gasteiger partial charge in [0.1, 0.15) is 18.3 Å². The molecule has 8 heteroatoms. The first-order chi connectivity index (χ1) is 12.3. The molecule has 26 heavy (non-hydrogen) atoms. The molecule has 0 aromatic heterocycles. The van der Waals surface area contributed by atoms with Gasteiger partial charge >= 0.3 is 11.9 Å². The van der Waals surface area contributed by atoms with Gasteiger partial charge in [-0.3, -0.25) is 0 Å². The molecule has 0 bridgehead atoms. The van der Waals surface area contributed by atoms with Crippen molar-refractivity contribution in [3.8, 4) is 0 Å². The first kappa shape index (κ1) is 24.3. The number of carbonyl (C=O) groups is 2. The summed E-state index contributed by atoms with van der Waals surface area (Å²) in [5, 5.41) is 9.34. The van der Waals surface area contributed by atoms with Crippen molar-refractivity contribution in [2.24, 2.45) is 0 Å². The minimum atomic E-state index is -0.627. The number of hydrogen-bond donors (Lipinski definition) is 1. The van der Waals surface area contributed by atoms with Crippen LogP contribution in [0.4, 0.5) is 0 Å². The van der Waals surface area contributed by atoms with Crippen LogP contribution in [0.25, 0.3) is 0 Å². The Bertz CT molecular complexity index is 401. The van der Waals surface area contributed by atoms with Crippen LogP contribution in [-0.2, 0) is 33.3 Å². The highest BCUT2D eigenvalue weighted by atomic mass is 16.6. The van der Waals surface area contributed by atoms with Crippen molar-refractivity contribution in [2.45, 2.75) is 45.2 Å². The van der Waals surface area contributed by atoms with Crippen LogP contribution in [-0.4, -0.2) is 74.5 Å². The van der Waals surface area contributed by atoms with E-state index in [0.29, 0.717) is 0 Å². The Hall–Kier alpha value is -1.74. The van der Waals surface area contributed by atoms with Crippen LogP contribution in [0.3, 0.4) is 0 Å². The SMILES string of the molecule is C=CC(=O)OC(C)COCC(COCC(C)OC(=O)C=C)OCC(C)O. The van der Waals surface area contributed by atoms with Crippen molar-refractivity contribution >= 4 is 11.9 Å². The molecule has 1 N–H and O–H groups in total. The molecule has 0 rings (SSSR count). The molecule has 0 aromatic carbocycles. The lowest BCUT2D eigenvalue weighted by Gasteiger charge is -2.21. The van der Waals surface area contributed by atoms with Crippen LogP contribution in [0.15, 0.2) is 25.3 Å². The van der Waals surface area contributed by atoms with Gasteiger partial charge in [0.2, 0.25) is 0 Å². The van der Waals surface area contributed by atoms with E-state index in [4.69, 9.17) is 23.7 Å². The largest absolute Gasteiger partial charge is 0.457 e. The zero-order valence-electron chi connectivity index (χ0n) is 15.7. The first-order valence-corrected chi connectivity index (χ1v) is 8.39. The van der Waals surface area contributed by atoms with Crippen molar-refractivity contribution < 1.29 is 38.4 Å². The molecule has 0 saturated heterocycles. The van der Waals surface area contributed by atoms with Crippen molar-refractivity contribution in [1.29, 1.82) is 0 Å². The first-order valence-electron chi connectivity index (χ1n) is 8.39. The number of carbonyl (C=O) groups excluding carboxylic acids is 2. The maximum atomic E-state index is 11.1. The average Bonchev–Trinajstić information content (AvgIpc) is 2.58. The summed E-state index contributed by atoms with van der Waals surface area (Å²) in [7, 11) is 0. The Morgan fingerprint density at radius 3 is 1.62 bits per heavy atom. The van der Waals surface area contributed by atoms with Gasteiger partial charge in [0.25, 0.3) is 0 Å².